The highest BCUT2D eigenvalue weighted by atomic mass is 79.9. The van der Waals surface area contributed by atoms with Gasteiger partial charge in [0.2, 0.25) is 0 Å². The SMILES string of the molecule is CCOC(=O)Cc1ccccc1OCc1cc(Br)c2occ(C)c2c1. The molecule has 0 atom stereocenters. The number of halogens is 1. The van der Waals surface area contributed by atoms with Gasteiger partial charge in [0.15, 0.2) is 0 Å². The fraction of sp³-hybridized carbons (Fsp3) is 0.250. The van der Waals surface area contributed by atoms with Gasteiger partial charge in [-0.2, -0.15) is 0 Å². The number of para-hydroxylation sites is 1. The van der Waals surface area contributed by atoms with Gasteiger partial charge in [0.25, 0.3) is 0 Å². The molecule has 0 spiro atoms. The van der Waals surface area contributed by atoms with Gasteiger partial charge >= 0.3 is 5.97 Å². The van der Waals surface area contributed by atoms with Crippen LogP contribution in [0.2, 0.25) is 0 Å². The minimum atomic E-state index is -0.253. The minimum absolute atomic E-state index is 0.202. The summed E-state index contributed by atoms with van der Waals surface area (Å²) in [6, 6.07) is 11.6. The first kappa shape index (κ1) is 17.5. The van der Waals surface area contributed by atoms with Crippen LogP contribution in [0.3, 0.4) is 0 Å². The Kier molecular flexibility index (Phi) is 5.43. The molecule has 1 aromatic heterocycles. The van der Waals surface area contributed by atoms with Crippen molar-refractivity contribution in [3.63, 3.8) is 0 Å². The highest BCUT2D eigenvalue weighted by Gasteiger charge is 2.11. The van der Waals surface area contributed by atoms with Crippen molar-refractivity contribution in [1.29, 1.82) is 0 Å². The van der Waals surface area contributed by atoms with Gasteiger partial charge in [0, 0.05) is 10.9 Å². The summed E-state index contributed by atoms with van der Waals surface area (Å²) in [4.78, 5) is 11.7. The summed E-state index contributed by atoms with van der Waals surface area (Å²) in [5, 5.41) is 1.06. The summed E-state index contributed by atoms with van der Waals surface area (Å²) < 4.78 is 17.4. The molecule has 0 radical (unpaired) electrons. The Labute approximate surface area is 154 Å². The Balaban J connectivity index is 1.78. The molecule has 3 rings (SSSR count). The molecule has 5 heteroatoms. The maximum atomic E-state index is 11.7. The number of carbonyl (C=O) groups is 1. The normalized spacial score (nSPS) is 10.8. The lowest BCUT2D eigenvalue weighted by molar-refractivity contribution is -0.142. The minimum Gasteiger partial charge on any atom is -0.489 e. The molecule has 4 nitrogen and oxygen atoms in total. The second kappa shape index (κ2) is 7.74. The van der Waals surface area contributed by atoms with Crippen molar-refractivity contribution in [3.8, 4) is 5.75 Å². The molecule has 3 aromatic rings. The highest BCUT2D eigenvalue weighted by Crippen LogP contribution is 2.30. The molecule has 130 valence electrons. The summed E-state index contributed by atoms with van der Waals surface area (Å²) >= 11 is 3.54. The van der Waals surface area contributed by atoms with Crippen LogP contribution in [0.4, 0.5) is 0 Å². The number of hydrogen-bond acceptors (Lipinski definition) is 4. The molecule has 0 fully saturated rings. The van der Waals surface area contributed by atoms with Crippen LogP contribution in [0.5, 0.6) is 5.75 Å². The summed E-state index contributed by atoms with van der Waals surface area (Å²) in [5.41, 5.74) is 3.76. The maximum Gasteiger partial charge on any atom is 0.310 e. The topological polar surface area (TPSA) is 48.7 Å². The first-order valence-corrected chi connectivity index (χ1v) is 8.90. The predicted molar refractivity (Wildman–Crippen MR) is 99.8 cm³/mol. The lowest BCUT2D eigenvalue weighted by Crippen LogP contribution is -2.09. The molecule has 0 unspecified atom stereocenters. The van der Waals surface area contributed by atoms with Gasteiger partial charge in [-0.1, -0.05) is 18.2 Å². The molecule has 1 heterocycles. The molecular weight excluding hydrogens is 384 g/mol. The van der Waals surface area contributed by atoms with Gasteiger partial charge in [-0.25, -0.2) is 0 Å². The molecule has 0 aliphatic rings. The van der Waals surface area contributed by atoms with E-state index in [2.05, 4.69) is 22.0 Å². The summed E-state index contributed by atoms with van der Waals surface area (Å²) in [5.74, 6) is 0.437. The van der Waals surface area contributed by atoms with E-state index in [4.69, 9.17) is 13.9 Å². The molecule has 0 saturated carbocycles. The Bertz CT molecular complexity index is 898. The fourth-order valence-electron chi connectivity index (χ4n) is 2.68. The van der Waals surface area contributed by atoms with Crippen LogP contribution in [-0.4, -0.2) is 12.6 Å². The lowest BCUT2D eigenvalue weighted by Gasteiger charge is -2.12. The number of benzene rings is 2. The Morgan fingerprint density at radius 3 is 2.84 bits per heavy atom. The quantitative estimate of drug-likeness (QED) is 0.532. The molecule has 0 aliphatic heterocycles. The number of fused-ring (bicyclic) bond motifs is 1. The smallest absolute Gasteiger partial charge is 0.310 e. The van der Waals surface area contributed by atoms with Crippen LogP contribution in [0.15, 0.2) is 51.6 Å². The van der Waals surface area contributed by atoms with E-state index in [0.717, 1.165) is 32.1 Å². The zero-order chi connectivity index (χ0) is 17.8. The van der Waals surface area contributed by atoms with Crippen molar-refractivity contribution in [2.24, 2.45) is 0 Å². The second-order valence-electron chi connectivity index (χ2n) is 5.75. The third kappa shape index (κ3) is 4.04. The number of esters is 1. The van der Waals surface area contributed by atoms with Crippen molar-refractivity contribution in [2.45, 2.75) is 26.9 Å². The third-order valence-corrected chi connectivity index (χ3v) is 4.48. The van der Waals surface area contributed by atoms with Crippen LogP contribution in [0.1, 0.15) is 23.6 Å². The first-order valence-electron chi connectivity index (χ1n) is 8.11. The van der Waals surface area contributed by atoms with Crippen molar-refractivity contribution in [3.05, 3.63) is 63.8 Å². The van der Waals surface area contributed by atoms with E-state index in [1.807, 2.05) is 37.3 Å². The second-order valence-corrected chi connectivity index (χ2v) is 6.61. The van der Waals surface area contributed by atoms with Gasteiger partial charge < -0.3 is 13.9 Å². The molecular formula is C20H19BrO4. The first-order chi connectivity index (χ1) is 12.1. The largest absolute Gasteiger partial charge is 0.489 e. The Morgan fingerprint density at radius 1 is 1.24 bits per heavy atom. The molecule has 0 N–H and O–H groups in total. The standard InChI is InChI=1S/C20H19BrO4/c1-3-23-19(22)10-15-6-4-5-7-18(15)24-12-14-8-16-13(2)11-25-20(16)17(21)9-14/h4-9,11H,3,10,12H2,1-2H3. The monoisotopic (exact) mass is 402 g/mol. The number of furan rings is 1. The van der Waals surface area contributed by atoms with Crippen LogP contribution < -0.4 is 4.74 Å². The number of hydrogen-bond donors (Lipinski definition) is 0. The lowest BCUT2D eigenvalue weighted by atomic mass is 10.1. The summed E-state index contributed by atoms with van der Waals surface area (Å²) in [6.07, 6.45) is 1.95. The molecule has 0 amide bonds. The molecule has 0 saturated heterocycles. The number of carbonyl (C=O) groups excluding carboxylic acids is 1. The van der Waals surface area contributed by atoms with Crippen LogP contribution in [-0.2, 0) is 22.6 Å². The Morgan fingerprint density at radius 2 is 2.04 bits per heavy atom. The average molecular weight is 403 g/mol. The zero-order valence-electron chi connectivity index (χ0n) is 14.2. The van der Waals surface area contributed by atoms with Crippen molar-refractivity contribution in [1.82, 2.24) is 0 Å². The van der Waals surface area contributed by atoms with E-state index in [9.17, 15) is 4.79 Å². The van der Waals surface area contributed by atoms with E-state index in [1.54, 1.807) is 13.2 Å². The van der Waals surface area contributed by atoms with E-state index < -0.39 is 0 Å². The Hall–Kier alpha value is -2.27. The van der Waals surface area contributed by atoms with Crippen LogP contribution >= 0.6 is 15.9 Å². The highest BCUT2D eigenvalue weighted by molar-refractivity contribution is 9.10. The van der Waals surface area contributed by atoms with Gasteiger partial charge in [-0.3, -0.25) is 4.79 Å². The number of aryl methyl sites for hydroxylation is 1. The van der Waals surface area contributed by atoms with Crippen molar-refractivity contribution < 1.29 is 18.7 Å². The molecule has 25 heavy (non-hydrogen) atoms. The number of ether oxygens (including phenoxy) is 2. The van der Waals surface area contributed by atoms with Gasteiger partial charge in [0.1, 0.15) is 17.9 Å². The average Bonchev–Trinajstić information content (AvgIpc) is 2.96. The number of rotatable bonds is 6. The van der Waals surface area contributed by atoms with Crippen LogP contribution in [0, 0.1) is 6.92 Å². The van der Waals surface area contributed by atoms with E-state index in [1.165, 1.54) is 0 Å². The van der Waals surface area contributed by atoms with Crippen molar-refractivity contribution >= 4 is 32.9 Å². The van der Waals surface area contributed by atoms with E-state index in [0.29, 0.717) is 19.0 Å². The zero-order valence-corrected chi connectivity index (χ0v) is 15.8. The summed E-state index contributed by atoms with van der Waals surface area (Å²) in [7, 11) is 0. The fourth-order valence-corrected chi connectivity index (χ4v) is 3.28. The van der Waals surface area contributed by atoms with Gasteiger partial charge in [-0.15, -0.1) is 0 Å². The van der Waals surface area contributed by atoms with Crippen molar-refractivity contribution in [2.75, 3.05) is 6.61 Å². The van der Waals surface area contributed by atoms with Crippen LogP contribution in [0.25, 0.3) is 11.0 Å². The van der Waals surface area contributed by atoms with Gasteiger partial charge in [0.05, 0.1) is 23.8 Å². The van der Waals surface area contributed by atoms with Gasteiger partial charge in [-0.05, 0) is 59.1 Å². The predicted octanol–water partition coefficient (Wildman–Crippen LogP) is 5.19. The molecule has 0 bridgehead atoms. The summed E-state index contributed by atoms with van der Waals surface area (Å²) in [6.45, 7) is 4.59. The molecule has 0 aliphatic carbocycles. The molecule has 2 aromatic carbocycles. The van der Waals surface area contributed by atoms with E-state index >= 15 is 0 Å². The van der Waals surface area contributed by atoms with E-state index in [-0.39, 0.29) is 12.4 Å². The maximum absolute atomic E-state index is 11.7. The third-order valence-electron chi connectivity index (χ3n) is 3.89.